The molecule has 0 bridgehead atoms. The molecule has 15 nitrogen and oxygen atoms in total. The maximum atomic E-state index is 10.9. The summed E-state index contributed by atoms with van der Waals surface area (Å²) in [4.78, 5) is 32.8. The van der Waals surface area contributed by atoms with Gasteiger partial charge in [-0.1, -0.05) is 0 Å². The lowest BCUT2D eigenvalue weighted by atomic mass is 10.1. The molecule has 3 heterocycles. The zero-order valence-electron chi connectivity index (χ0n) is 17.6. The quantitative estimate of drug-likeness (QED) is 0.186. The van der Waals surface area contributed by atoms with E-state index in [4.69, 9.17) is 24.0 Å². The minimum absolute atomic E-state index is 0.103. The number of imidazole rings is 1. The predicted molar refractivity (Wildman–Crippen MR) is 113 cm³/mol. The van der Waals surface area contributed by atoms with Crippen LogP contribution in [0.3, 0.4) is 0 Å². The number of phenolic OH excluding ortho intramolecular Hbond substituents is 1. The number of phenols is 1. The minimum Gasteiger partial charge on any atom is -0.504 e. The van der Waals surface area contributed by atoms with Gasteiger partial charge in [-0.25, -0.2) is 19.5 Å². The van der Waals surface area contributed by atoms with Gasteiger partial charge in [0.2, 0.25) is 12.0 Å². The fourth-order valence-electron chi connectivity index (χ4n) is 3.34. The third-order valence-electron chi connectivity index (χ3n) is 4.96. The van der Waals surface area contributed by atoms with Crippen LogP contribution in [0.4, 0.5) is 5.82 Å². The number of aromatic nitrogens is 4. The summed E-state index contributed by atoms with van der Waals surface area (Å²) in [5.74, 6) is 0.0930. The van der Waals surface area contributed by atoms with Crippen LogP contribution >= 0.6 is 7.82 Å². The molecule has 1 unspecified atom stereocenters. The Kier molecular flexibility index (Phi) is 6.86. The summed E-state index contributed by atoms with van der Waals surface area (Å²) >= 11 is 0. The number of aliphatic hydroxyl groups excluding tert-OH is 2. The number of ether oxygens (including phenoxy) is 3. The van der Waals surface area contributed by atoms with Crippen molar-refractivity contribution in [1.82, 2.24) is 19.9 Å². The van der Waals surface area contributed by atoms with Gasteiger partial charge in [-0.15, -0.1) is 0 Å². The molecule has 4 atom stereocenters. The molecule has 1 saturated heterocycles. The van der Waals surface area contributed by atoms with Crippen molar-refractivity contribution in [2.24, 2.45) is 0 Å². The van der Waals surface area contributed by atoms with Crippen LogP contribution in [0.25, 0.3) is 11.2 Å². The lowest BCUT2D eigenvalue weighted by Gasteiger charge is -2.20. The van der Waals surface area contributed by atoms with E-state index >= 15 is 0 Å². The summed E-state index contributed by atoms with van der Waals surface area (Å²) in [6, 6.07) is 2.96. The Bertz CT molecular complexity index is 1200. The largest absolute Gasteiger partial charge is 0.504 e. The van der Waals surface area contributed by atoms with E-state index in [1.807, 2.05) is 0 Å². The van der Waals surface area contributed by atoms with Crippen LogP contribution < -0.4 is 14.8 Å². The third kappa shape index (κ3) is 5.20. The number of benzene rings is 1. The van der Waals surface area contributed by atoms with Crippen LogP contribution in [-0.2, 0) is 20.4 Å². The number of aliphatic hydroxyl groups is 2. The van der Waals surface area contributed by atoms with Gasteiger partial charge in [0.25, 0.3) is 0 Å². The zero-order valence-corrected chi connectivity index (χ0v) is 18.5. The van der Waals surface area contributed by atoms with Crippen molar-refractivity contribution in [3.8, 4) is 17.2 Å². The van der Waals surface area contributed by atoms with Crippen molar-refractivity contribution in [3.05, 3.63) is 30.4 Å². The van der Waals surface area contributed by atoms with E-state index in [-0.39, 0.29) is 23.8 Å². The summed E-state index contributed by atoms with van der Waals surface area (Å²) in [6.45, 7) is -0.457. The number of nitrogens with zero attached hydrogens (tertiary/aromatic N) is 3. The molecule has 1 aliphatic rings. The van der Waals surface area contributed by atoms with Crippen molar-refractivity contribution in [2.45, 2.75) is 31.1 Å². The van der Waals surface area contributed by atoms with Crippen LogP contribution in [0, 0.1) is 0 Å². The molecule has 7 N–H and O–H groups in total. The van der Waals surface area contributed by atoms with E-state index in [2.05, 4.69) is 29.8 Å². The van der Waals surface area contributed by atoms with E-state index in [0.717, 1.165) is 0 Å². The van der Waals surface area contributed by atoms with Gasteiger partial charge in [0.15, 0.2) is 23.0 Å². The molecule has 0 spiro atoms. The second-order valence-corrected chi connectivity index (χ2v) is 8.49. The first kappa shape index (κ1) is 24.1. The first-order chi connectivity index (χ1) is 16.2. The number of hydrogen-bond acceptors (Lipinski definition) is 12. The van der Waals surface area contributed by atoms with E-state index in [0.29, 0.717) is 22.5 Å². The predicted octanol–water partition coefficient (Wildman–Crippen LogP) is -0.386. The van der Waals surface area contributed by atoms with E-state index in [1.54, 1.807) is 6.07 Å². The van der Waals surface area contributed by atoms with E-state index < -0.39 is 39.0 Å². The normalized spacial score (nSPS) is 22.7. The lowest BCUT2D eigenvalue weighted by Crippen LogP contribution is -2.35. The van der Waals surface area contributed by atoms with Crippen molar-refractivity contribution >= 4 is 24.8 Å². The summed E-state index contributed by atoms with van der Waals surface area (Å²) in [5, 5.41) is 33.9. The highest BCUT2D eigenvalue weighted by atomic mass is 31.2. The number of methoxy groups -OCH3 is 1. The Morgan fingerprint density at radius 3 is 2.74 bits per heavy atom. The number of hydrogen-bond donors (Lipinski definition) is 7. The molecular formula is C18H22N5O10P. The minimum atomic E-state index is -4.81. The van der Waals surface area contributed by atoms with E-state index in [1.165, 1.54) is 25.8 Å². The lowest BCUT2D eigenvalue weighted by molar-refractivity contribution is -0.117. The van der Waals surface area contributed by atoms with Crippen LogP contribution in [0.1, 0.15) is 5.56 Å². The second-order valence-electron chi connectivity index (χ2n) is 7.25. The number of fused-ring (bicyclic) bond motifs is 1. The van der Waals surface area contributed by atoms with E-state index in [9.17, 15) is 19.9 Å². The summed E-state index contributed by atoms with van der Waals surface area (Å²) in [7, 11) is -3.47. The molecule has 2 aromatic heterocycles. The van der Waals surface area contributed by atoms with Gasteiger partial charge in [0.05, 0.1) is 20.0 Å². The van der Waals surface area contributed by atoms with Crippen molar-refractivity contribution in [2.75, 3.05) is 19.0 Å². The summed E-state index contributed by atoms with van der Waals surface area (Å²) in [6.07, 6.45) is -3.05. The number of aromatic amines is 1. The molecule has 3 aromatic rings. The molecule has 0 aliphatic carbocycles. The standard InChI is InChI=1S/C18H22N5O10P/c1-30-10-3-8(4-19-16-12-17(21-6-20-12)23-7-22-16)2-9(24)15(10)33-18-14(26)13(25)11(32-18)5-31-34(27,28)29/h2-3,6-7,11,13-14,18,24-26H,4-5H2,1H3,(H2,27,28,29)(H2,19,20,21,22,23)/t11-,13-,14-,18?/m1/s1. The molecule has 34 heavy (non-hydrogen) atoms. The van der Waals surface area contributed by atoms with Crippen molar-refractivity contribution in [1.29, 1.82) is 0 Å². The van der Waals surface area contributed by atoms with Gasteiger partial charge in [-0.2, -0.15) is 0 Å². The Morgan fingerprint density at radius 2 is 2.00 bits per heavy atom. The Labute approximate surface area is 191 Å². The summed E-state index contributed by atoms with van der Waals surface area (Å²) < 4.78 is 31.3. The molecule has 184 valence electrons. The van der Waals surface area contributed by atoms with Crippen molar-refractivity contribution < 1.29 is 48.4 Å². The first-order valence-electron chi connectivity index (χ1n) is 9.82. The number of H-pyrrole nitrogens is 1. The fourth-order valence-corrected chi connectivity index (χ4v) is 3.68. The topological polar surface area (TPSA) is 222 Å². The number of aromatic hydroxyl groups is 1. The maximum absolute atomic E-state index is 10.9. The van der Waals surface area contributed by atoms with Crippen molar-refractivity contribution in [3.63, 3.8) is 0 Å². The van der Waals surface area contributed by atoms with Gasteiger partial charge in [-0.05, 0) is 17.7 Å². The summed E-state index contributed by atoms with van der Waals surface area (Å²) in [5.41, 5.74) is 1.69. The number of anilines is 1. The maximum Gasteiger partial charge on any atom is 0.469 e. The number of phosphoric acid groups is 1. The van der Waals surface area contributed by atoms with Gasteiger partial charge in [0.1, 0.15) is 30.2 Å². The van der Waals surface area contributed by atoms with Gasteiger partial charge < -0.3 is 49.6 Å². The average Bonchev–Trinajstić information content (AvgIpc) is 3.37. The third-order valence-corrected chi connectivity index (χ3v) is 5.44. The van der Waals surface area contributed by atoms with Crippen LogP contribution in [0.5, 0.6) is 17.2 Å². The highest BCUT2D eigenvalue weighted by molar-refractivity contribution is 7.46. The number of phosphoric ester groups is 1. The van der Waals surface area contributed by atoms with Gasteiger partial charge in [-0.3, -0.25) is 4.52 Å². The highest BCUT2D eigenvalue weighted by Crippen LogP contribution is 2.41. The molecular weight excluding hydrogens is 477 g/mol. The SMILES string of the molecule is COc1cc(CNc2ncnc3nc[nH]c23)cc(O)c1OC1O[C@H](COP(=O)(O)O)[C@@H](O)[C@H]1O. The molecule has 0 saturated carbocycles. The number of nitrogens with one attached hydrogen (secondary N) is 2. The Hall–Kier alpha value is -3.04. The molecule has 0 radical (unpaired) electrons. The second kappa shape index (κ2) is 9.68. The molecule has 1 aliphatic heterocycles. The molecule has 1 fully saturated rings. The van der Waals surface area contributed by atoms with Crippen LogP contribution in [-0.4, -0.2) is 83.4 Å². The van der Waals surface area contributed by atoms with Gasteiger partial charge in [0, 0.05) is 6.54 Å². The molecule has 1 aromatic carbocycles. The van der Waals surface area contributed by atoms with Gasteiger partial charge >= 0.3 is 7.82 Å². The molecule has 16 heteroatoms. The Balaban J connectivity index is 1.46. The smallest absolute Gasteiger partial charge is 0.469 e. The first-order valence-corrected chi connectivity index (χ1v) is 11.4. The fraction of sp³-hybridized carbons (Fsp3) is 0.389. The highest BCUT2D eigenvalue weighted by Gasteiger charge is 2.45. The van der Waals surface area contributed by atoms with Crippen LogP contribution in [0.15, 0.2) is 24.8 Å². The molecule has 0 amide bonds. The molecule has 4 rings (SSSR count). The monoisotopic (exact) mass is 499 g/mol. The average molecular weight is 499 g/mol. The number of rotatable bonds is 9. The Morgan fingerprint density at radius 1 is 1.21 bits per heavy atom. The zero-order chi connectivity index (χ0) is 24.5. The van der Waals surface area contributed by atoms with Crippen LogP contribution in [0.2, 0.25) is 0 Å².